The first-order chi connectivity index (χ1) is 8.63. The Morgan fingerprint density at radius 3 is 3.00 bits per heavy atom. The third-order valence-electron chi connectivity index (χ3n) is 2.71. The lowest BCUT2D eigenvalue weighted by Gasteiger charge is -2.13. The van der Waals surface area contributed by atoms with E-state index in [2.05, 4.69) is 26.0 Å². The number of benzene rings is 1. The van der Waals surface area contributed by atoms with Gasteiger partial charge in [-0.1, -0.05) is 23.7 Å². The van der Waals surface area contributed by atoms with E-state index in [1.165, 1.54) is 6.33 Å². The summed E-state index contributed by atoms with van der Waals surface area (Å²) in [5, 5.41) is 14.8. The Morgan fingerprint density at radius 2 is 2.28 bits per heavy atom. The van der Waals surface area contributed by atoms with Crippen molar-refractivity contribution >= 4 is 27.5 Å². The number of nitrogens with zero attached hydrogens (tertiary/aromatic N) is 3. The van der Waals surface area contributed by atoms with Crippen molar-refractivity contribution in [2.75, 3.05) is 0 Å². The van der Waals surface area contributed by atoms with E-state index in [-0.39, 0.29) is 0 Å². The number of hydrogen-bond acceptors (Lipinski definition) is 3. The van der Waals surface area contributed by atoms with E-state index < -0.39 is 6.10 Å². The van der Waals surface area contributed by atoms with Gasteiger partial charge >= 0.3 is 0 Å². The Labute approximate surface area is 119 Å². The summed E-state index contributed by atoms with van der Waals surface area (Å²) in [6.45, 7) is 2.71. The van der Waals surface area contributed by atoms with Crippen LogP contribution in [0.25, 0.3) is 0 Å². The maximum Gasteiger partial charge on any atom is 0.138 e. The fourth-order valence-electron chi connectivity index (χ4n) is 1.77. The molecule has 1 N–H and O–H groups in total. The van der Waals surface area contributed by atoms with Crippen LogP contribution in [0.15, 0.2) is 29.0 Å². The largest absolute Gasteiger partial charge is 0.388 e. The maximum absolute atomic E-state index is 10.2. The molecule has 0 amide bonds. The van der Waals surface area contributed by atoms with Crippen LogP contribution in [-0.4, -0.2) is 19.9 Å². The highest BCUT2D eigenvalue weighted by Gasteiger charge is 2.16. The molecule has 0 spiro atoms. The average molecular weight is 331 g/mol. The predicted molar refractivity (Wildman–Crippen MR) is 73.5 cm³/mol. The normalized spacial score (nSPS) is 12.7. The first kappa shape index (κ1) is 13.5. The van der Waals surface area contributed by atoms with Gasteiger partial charge in [-0.05, 0) is 28.9 Å². The molecule has 0 aliphatic rings. The van der Waals surface area contributed by atoms with Crippen LogP contribution < -0.4 is 0 Å². The van der Waals surface area contributed by atoms with Crippen molar-refractivity contribution in [1.29, 1.82) is 0 Å². The number of rotatable bonds is 4. The van der Waals surface area contributed by atoms with Crippen LogP contribution in [0.4, 0.5) is 0 Å². The lowest BCUT2D eigenvalue weighted by molar-refractivity contribution is 0.174. The minimum Gasteiger partial charge on any atom is -0.388 e. The quantitative estimate of drug-likeness (QED) is 0.937. The molecular weight excluding hydrogens is 318 g/mol. The Balaban J connectivity index is 2.22. The molecule has 0 fully saturated rings. The summed E-state index contributed by atoms with van der Waals surface area (Å²) in [4.78, 5) is 4.14. The summed E-state index contributed by atoms with van der Waals surface area (Å²) < 4.78 is 2.53. The molecule has 1 heterocycles. The van der Waals surface area contributed by atoms with Crippen LogP contribution in [0.2, 0.25) is 5.02 Å². The minimum atomic E-state index is -0.690. The van der Waals surface area contributed by atoms with Gasteiger partial charge in [0, 0.05) is 23.0 Å². The highest BCUT2D eigenvalue weighted by atomic mass is 79.9. The van der Waals surface area contributed by atoms with E-state index >= 15 is 0 Å². The summed E-state index contributed by atoms with van der Waals surface area (Å²) in [6.07, 6.45) is 1.20. The van der Waals surface area contributed by atoms with Gasteiger partial charge in [0.2, 0.25) is 0 Å². The molecular formula is C12H13BrClN3O. The van der Waals surface area contributed by atoms with E-state index in [4.69, 9.17) is 11.6 Å². The first-order valence-corrected chi connectivity index (χ1v) is 6.79. The second kappa shape index (κ2) is 5.82. The van der Waals surface area contributed by atoms with Gasteiger partial charge in [-0.2, -0.15) is 5.10 Å². The number of aliphatic hydroxyl groups is 1. The lowest BCUT2D eigenvalue weighted by Crippen LogP contribution is -2.10. The number of aliphatic hydroxyl groups excluding tert-OH is 1. The average Bonchev–Trinajstić information content (AvgIpc) is 2.79. The monoisotopic (exact) mass is 329 g/mol. The fraction of sp³-hybridized carbons (Fsp3) is 0.333. The van der Waals surface area contributed by atoms with Crippen LogP contribution in [0.5, 0.6) is 0 Å². The fourth-order valence-corrected chi connectivity index (χ4v) is 2.40. The van der Waals surface area contributed by atoms with E-state index in [1.807, 2.05) is 25.1 Å². The van der Waals surface area contributed by atoms with Crippen molar-refractivity contribution < 1.29 is 5.11 Å². The highest BCUT2D eigenvalue weighted by molar-refractivity contribution is 9.10. The topological polar surface area (TPSA) is 50.9 Å². The molecule has 1 atom stereocenters. The molecule has 1 unspecified atom stereocenters. The Morgan fingerprint density at radius 1 is 1.50 bits per heavy atom. The number of halogens is 2. The lowest BCUT2D eigenvalue weighted by atomic mass is 10.1. The zero-order valence-corrected chi connectivity index (χ0v) is 12.2. The van der Waals surface area contributed by atoms with Gasteiger partial charge in [0.1, 0.15) is 12.2 Å². The van der Waals surface area contributed by atoms with Gasteiger partial charge < -0.3 is 5.11 Å². The highest BCUT2D eigenvalue weighted by Crippen LogP contribution is 2.31. The Kier molecular flexibility index (Phi) is 4.37. The van der Waals surface area contributed by atoms with Gasteiger partial charge in [0.25, 0.3) is 0 Å². The van der Waals surface area contributed by atoms with Gasteiger partial charge in [-0.15, -0.1) is 0 Å². The van der Waals surface area contributed by atoms with Crippen LogP contribution >= 0.6 is 27.5 Å². The maximum atomic E-state index is 10.2. The SMILES string of the molecule is CCn1ncnc1CC(O)c1cccc(Br)c1Cl. The van der Waals surface area contributed by atoms with Crippen molar-refractivity contribution in [3.05, 3.63) is 45.4 Å². The molecule has 0 aliphatic carbocycles. The number of aryl methyl sites for hydroxylation is 1. The third-order valence-corrected chi connectivity index (χ3v) is 4.02. The van der Waals surface area contributed by atoms with Crippen molar-refractivity contribution in [2.45, 2.75) is 26.0 Å². The molecule has 1 aromatic carbocycles. The summed E-state index contributed by atoms with van der Waals surface area (Å²) in [7, 11) is 0. The number of hydrogen-bond donors (Lipinski definition) is 1. The summed E-state index contributed by atoms with van der Waals surface area (Å²) in [5.74, 6) is 0.751. The molecule has 0 aliphatic heterocycles. The van der Waals surface area contributed by atoms with Gasteiger partial charge in [0.15, 0.2) is 0 Å². The van der Waals surface area contributed by atoms with Crippen molar-refractivity contribution in [1.82, 2.24) is 14.8 Å². The molecule has 0 saturated heterocycles. The molecule has 18 heavy (non-hydrogen) atoms. The van der Waals surface area contributed by atoms with Crippen molar-refractivity contribution in [3.63, 3.8) is 0 Å². The number of aromatic nitrogens is 3. The van der Waals surface area contributed by atoms with E-state index in [0.717, 1.165) is 16.8 Å². The molecule has 4 nitrogen and oxygen atoms in total. The van der Waals surface area contributed by atoms with Crippen molar-refractivity contribution in [2.24, 2.45) is 0 Å². The second-order valence-corrected chi connectivity index (χ2v) is 5.09. The van der Waals surface area contributed by atoms with Crippen molar-refractivity contribution in [3.8, 4) is 0 Å². The van der Waals surface area contributed by atoms with Crippen LogP contribution in [0, 0.1) is 0 Å². The molecule has 96 valence electrons. The summed E-state index contributed by atoms with van der Waals surface area (Å²) >= 11 is 9.50. The van der Waals surface area contributed by atoms with Crippen LogP contribution in [-0.2, 0) is 13.0 Å². The summed E-state index contributed by atoms with van der Waals surface area (Å²) in [6, 6.07) is 5.50. The zero-order valence-electron chi connectivity index (χ0n) is 9.85. The first-order valence-electron chi connectivity index (χ1n) is 5.62. The Bertz CT molecular complexity index is 544. The smallest absolute Gasteiger partial charge is 0.138 e. The zero-order chi connectivity index (χ0) is 13.1. The molecule has 0 bridgehead atoms. The van der Waals surface area contributed by atoms with E-state index in [1.54, 1.807) is 4.68 Å². The van der Waals surface area contributed by atoms with Crippen LogP contribution in [0.3, 0.4) is 0 Å². The standard InChI is InChI=1S/C12H13BrClN3O/c1-2-17-11(15-7-16-17)6-10(18)8-4-3-5-9(13)12(8)14/h3-5,7,10,18H,2,6H2,1H3. The minimum absolute atomic E-state index is 0.393. The molecule has 0 saturated carbocycles. The Hall–Kier alpha value is -0.910. The molecule has 2 rings (SSSR count). The van der Waals surface area contributed by atoms with Crippen LogP contribution in [0.1, 0.15) is 24.4 Å². The van der Waals surface area contributed by atoms with Gasteiger partial charge in [-0.3, -0.25) is 4.68 Å². The molecule has 6 heteroatoms. The predicted octanol–water partition coefficient (Wildman–Crippen LogP) is 2.99. The van der Waals surface area contributed by atoms with E-state index in [0.29, 0.717) is 17.0 Å². The van der Waals surface area contributed by atoms with E-state index in [9.17, 15) is 5.11 Å². The van der Waals surface area contributed by atoms with Gasteiger partial charge in [0.05, 0.1) is 11.1 Å². The third kappa shape index (κ3) is 2.74. The second-order valence-electron chi connectivity index (χ2n) is 3.85. The van der Waals surface area contributed by atoms with Gasteiger partial charge in [-0.25, -0.2) is 4.98 Å². The molecule has 2 aromatic rings. The molecule has 1 aromatic heterocycles. The molecule has 0 radical (unpaired) electrons. The summed E-state index contributed by atoms with van der Waals surface area (Å²) in [5.41, 5.74) is 0.691.